The molecule has 0 rings (SSSR count). The van der Waals surface area contributed by atoms with Gasteiger partial charge >= 0.3 is 0 Å². The van der Waals surface area contributed by atoms with Crippen molar-refractivity contribution in [2.75, 3.05) is 40.4 Å². The van der Waals surface area contributed by atoms with Crippen LogP contribution in [0.15, 0.2) is 0 Å². The Morgan fingerprint density at radius 2 is 1.79 bits per heavy atom. The summed E-state index contributed by atoms with van der Waals surface area (Å²) in [6.07, 6.45) is 0. The number of carbonyl (C=O) groups is 2. The maximum absolute atomic E-state index is 11.0. The molecule has 82 valence electrons. The van der Waals surface area contributed by atoms with Crippen molar-refractivity contribution in [3.8, 4) is 0 Å². The highest BCUT2D eigenvalue weighted by Gasteiger charge is 2.02. The zero-order valence-corrected chi connectivity index (χ0v) is 8.55. The second kappa shape index (κ2) is 8.46. The highest BCUT2D eigenvalue weighted by Crippen LogP contribution is 1.68. The Hall–Kier alpha value is -1.14. The molecule has 0 fully saturated rings. The summed E-state index contributed by atoms with van der Waals surface area (Å²) < 4.78 is 4.74. The molecule has 0 aliphatic heterocycles. The summed E-state index contributed by atoms with van der Waals surface area (Å²) in [7, 11) is 3.22. The molecule has 0 aliphatic rings. The Morgan fingerprint density at radius 1 is 1.14 bits per heavy atom. The van der Waals surface area contributed by atoms with Crippen molar-refractivity contribution in [3.05, 3.63) is 0 Å². The molecule has 0 saturated heterocycles. The van der Waals surface area contributed by atoms with E-state index in [1.165, 1.54) is 0 Å². The van der Waals surface area contributed by atoms with Crippen LogP contribution in [-0.4, -0.2) is 52.2 Å². The molecule has 14 heavy (non-hydrogen) atoms. The van der Waals surface area contributed by atoms with Gasteiger partial charge in [0.05, 0.1) is 19.7 Å². The molecule has 0 saturated carbocycles. The molecule has 0 bridgehead atoms. The zero-order chi connectivity index (χ0) is 10.8. The lowest BCUT2D eigenvalue weighted by Gasteiger charge is -2.05. The second-order valence-corrected chi connectivity index (χ2v) is 2.65. The summed E-state index contributed by atoms with van der Waals surface area (Å²) in [4.78, 5) is 21.9. The lowest BCUT2D eigenvalue weighted by atomic mass is 10.5. The highest BCUT2D eigenvalue weighted by molar-refractivity contribution is 5.85. The Morgan fingerprint density at radius 3 is 2.36 bits per heavy atom. The van der Waals surface area contributed by atoms with E-state index >= 15 is 0 Å². The molecular weight excluding hydrogens is 186 g/mol. The van der Waals surface area contributed by atoms with Crippen LogP contribution in [-0.2, 0) is 14.3 Å². The fraction of sp³-hybridized carbons (Fsp3) is 0.750. The highest BCUT2D eigenvalue weighted by atomic mass is 16.5. The third-order valence-corrected chi connectivity index (χ3v) is 1.41. The van der Waals surface area contributed by atoms with Crippen LogP contribution in [0.3, 0.4) is 0 Å². The van der Waals surface area contributed by atoms with Gasteiger partial charge in [-0.2, -0.15) is 0 Å². The van der Waals surface area contributed by atoms with Gasteiger partial charge in [-0.3, -0.25) is 9.59 Å². The van der Waals surface area contributed by atoms with Crippen molar-refractivity contribution < 1.29 is 14.3 Å². The van der Waals surface area contributed by atoms with Gasteiger partial charge in [-0.05, 0) is 7.05 Å². The SMILES string of the molecule is CNCC(=O)NCC(=O)NCCOC. The van der Waals surface area contributed by atoms with E-state index in [9.17, 15) is 9.59 Å². The summed E-state index contributed by atoms with van der Waals surface area (Å²) in [5.41, 5.74) is 0. The topological polar surface area (TPSA) is 79.5 Å². The van der Waals surface area contributed by atoms with E-state index in [1.54, 1.807) is 14.2 Å². The summed E-state index contributed by atoms with van der Waals surface area (Å²) >= 11 is 0. The lowest BCUT2D eigenvalue weighted by Crippen LogP contribution is -2.40. The van der Waals surface area contributed by atoms with E-state index < -0.39 is 0 Å². The largest absolute Gasteiger partial charge is 0.383 e. The molecule has 0 spiro atoms. The Bertz CT molecular complexity index is 185. The lowest BCUT2D eigenvalue weighted by molar-refractivity contribution is -0.125. The number of hydrogen-bond acceptors (Lipinski definition) is 4. The van der Waals surface area contributed by atoms with Crippen molar-refractivity contribution in [1.82, 2.24) is 16.0 Å². The minimum absolute atomic E-state index is 0.00419. The quantitative estimate of drug-likeness (QED) is 0.422. The molecule has 0 unspecified atom stereocenters. The van der Waals surface area contributed by atoms with Crippen LogP contribution in [0.25, 0.3) is 0 Å². The van der Waals surface area contributed by atoms with Gasteiger partial charge in [0.2, 0.25) is 11.8 Å². The van der Waals surface area contributed by atoms with E-state index in [0.29, 0.717) is 13.2 Å². The summed E-state index contributed by atoms with van der Waals surface area (Å²) in [5, 5.41) is 7.72. The first-order chi connectivity index (χ1) is 6.70. The first-order valence-corrected chi connectivity index (χ1v) is 4.37. The van der Waals surface area contributed by atoms with E-state index in [0.717, 1.165) is 0 Å². The Labute approximate surface area is 83.4 Å². The maximum atomic E-state index is 11.0. The van der Waals surface area contributed by atoms with Gasteiger partial charge in [-0.1, -0.05) is 0 Å². The fourth-order valence-corrected chi connectivity index (χ4v) is 0.757. The van der Waals surface area contributed by atoms with Crippen LogP contribution in [0.1, 0.15) is 0 Å². The average molecular weight is 203 g/mol. The molecule has 0 heterocycles. The van der Waals surface area contributed by atoms with Gasteiger partial charge in [-0.15, -0.1) is 0 Å². The molecule has 0 aliphatic carbocycles. The van der Waals surface area contributed by atoms with Crippen molar-refractivity contribution >= 4 is 11.8 Å². The van der Waals surface area contributed by atoms with E-state index in [2.05, 4.69) is 16.0 Å². The number of methoxy groups -OCH3 is 1. The molecule has 3 N–H and O–H groups in total. The van der Waals surface area contributed by atoms with Gasteiger partial charge in [0.25, 0.3) is 0 Å². The molecule has 0 aromatic rings. The summed E-state index contributed by atoms with van der Waals surface area (Å²) in [6.45, 7) is 1.14. The molecule has 0 aromatic heterocycles. The van der Waals surface area contributed by atoms with Crippen LogP contribution >= 0.6 is 0 Å². The van der Waals surface area contributed by atoms with Gasteiger partial charge in [0, 0.05) is 13.7 Å². The van der Waals surface area contributed by atoms with Gasteiger partial charge in [0.1, 0.15) is 0 Å². The van der Waals surface area contributed by atoms with E-state index in [1.807, 2.05) is 0 Å². The van der Waals surface area contributed by atoms with Crippen LogP contribution in [0.5, 0.6) is 0 Å². The normalized spacial score (nSPS) is 9.57. The molecule has 0 aromatic carbocycles. The van der Waals surface area contributed by atoms with E-state index in [-0.39, 0.29) is 24.9 Å². The number of hydrogen-bond donors (Lipinski definition) is 3. The number of rotatable bonds is 7. The predicted molar refractivity (Wildman–Crippen MR) is 51.8 cm³/mol. The molecule has 0 radical (unpaired) electrons. The van der Waals surface area contributed by atoms with Gasteiger partial charge < -0.3 is 20.7 Å². The van der Waals surface area contributed by atoms with Gasteiger partial charge in [-0.25, -0.2) is 0 Å². The molecule has 0 atom stereocenters. The number of carbonyl (C=O) groups excluding carboxylic acids is 2. The van der Waals surface area contributed by atoms with Crippen molar-refractivity contribution in [2.24, 2.45) is 0 Å². The standard InChI is InChI=1S/C8H17N3O3/c1-9-5-7(12)11-6-8(13)10-3-4-14-2/h9H,3-6H2,1-2H3,(H,10,13)(H,11,12). The van der Waals surface area contributed by atoms with Crippen LogP contribution in [0.2, 0.25) is 0 Å². The van der Waals surface area contributed by atoms with Crippen molar-refractivity contribution in [2.45, 2.75) is 0 Å². The minimum atomic E-state index is -0.216. The summed E-state index contributed by atoms with van der Waals surface area (Å²) in [6, 6.07) is 0. The van der Waals surface area contributed by atoms with Crippen LogP contribution in [0, 0.1) is 0 Å². The summed E-state index contributed by atoms with van der Waals surface area (Å²) in [5.74, 6) is -0.416. The van der Waals surface area contributed by atoms with Crippen molar-refractivity contribution in [3.63, 3.8) is 0 Å². The van der Waals surface area contributed by atoms with Gasteiger partial charge in [0.15, 0.2) is 0 Å². The van der Waals surface area contributed by atoms with Crippen LogP contribution < -0.4 is 16.0 Å². The van der Waals surface area contributed by atoms with Crippen molar-refractivity contribution in [1.29, 1.82) is 0 Å². The van der Waals surface area contributed by atoms with Crippen LogP contribution in [0.4, 0.5) is 0 Å². The predicted octanol–water partition coefficient (Wildman–Crippen LogP) is -1.92. The Balaban J connectivity index is 3.39. The first kappa shape index (κ1) is 12.9. The first-order valence-electron chi connectivity index (χ1n) is 4.37. The smallest absolute Gasteiger partial charge is 0.239 e. The number of nitrogens with one attached hydrogen (secondary N) is 3. The monoisotopic (exact) mass is 203 g/mol. The third-order valence-electron chi connectivity index (χ3n) is 1.41. The maximum Gasteiger partial charge on any atom is 0.239 e. The molecular formula is C8H17N3O3. The average Bonchev–Trinajstić information content (AvgIpc) is 2.16. The number of likely N-dealkylation sites (N-methyl/N-ethyl adjacent to an activating group) is 1. The number of ether oxygens (including phenoxy) is 1. The minimum Gasteiger partial charge on any atom is -0.383 e. The molecule has 6 nitrogen and oxygen atoms in total. The zero-order valence-electron chi connectivity index (χ0n) is 8.55. The second-order valence-electron chi connectivity index (χ2n) is 2.65. The fourth-order valence-electron chi connectivity index (χ4n) is 0.757. The Kier molecular flexibility index (Phi) is 7.77. The number of amides is 2. The molecule has 2 amide bonds. The third kappa shape index (κ3) is 7.51. The van der Waals surface area contributed by atoms with E-state index in [4.69, 9.17) is 4.74 Å². The molecule has 6 heteroatoms.